The molecule has 2 atom stereocenters. The Morgan fingerprint density at radius 2 is 1.95 bits per heavy atom. The van der Waals surface area contributed by atoms with Crippen molar-refractivity contribution in [2.45, 2.75) is 38.2 Å². The van der Waals surface area contributed by atoms with Crippen LogP contribution in [0.3, 0.4) is 0 Å². The van der Waals surface area contributed by atoms with Gasteiger partial charge in [-0.15, -0.1) is 0 Å². The van der Waals surface area contributed by atoms with Crippen molar-refractivity contribution in [3.8, 4) is 0 Å². The molecule has 20 heavy (non-hydrogen) atoms. The number of hydrogen-bond acceptors (Lipinski definition) is 5. The van der Waals surface area contributed by atoms with Gasteiger partial charge in [0.15, 0.2) is 6.10 Å². The second-order valence-corrected chi connectivity index (χ2v) is 6.93. The Labute approximate surface area is 119 Å². The molecule has 0 aromatic heterocycles. The number of rotatable bonds is 4. The molecular formula is C14H18O5S. The van der Waals surface area contributed by atoms with Crippen LogP contribution >= 0.6 is 0 Å². The number of benzene rings is 1. The molecule has 1 aromatic carbocycles. The summed E-state index contributed by atoms with van der Waals surface area (Å²) in [6.07, 6.45) is -0.494. The summed E-state index contributed by atoms with van der Waals surface area (Å²) < 4.78 is 34.5. The van der Waals surface area contributed by atoms with E-state index >= 15 is 0 Å². The standard InChI is InChI=1S/C14H18O5S/c1-4-14(3)9-18-13(15)12(14)19-20(16,17)11-7-5-10(2)6-8-11/h5-8,12H,4,9H2,1-3H3/t12-,14-/m1/s1. The van der Waals surface area contributed by atoms with Crippen LogP contribution in [-0.4, -0.2) is 27.1 Å². The number of carbonyl (C=O) groups is 1. The highest BCUT2D eigenvalue weighted by atomic mass is 32.2. The van der Waals surface area contributed by atoms with Crippen LogP contribution < -0.4 is 0 Å². The predicted octanol–water partition coefficient (Wildman–Crippen LogP) is 2.04. The minimum absolute atomic E-state index is 0.0428. The quantitative estimate of drug-likeness (QED) is 0.628. The van der Waals surface area contributed by atoms with Gasteiger partial charge in [-0.05, 0) is 25.5 Å². The minimum atomic E-state index is -3.98. The van der Waals surface area contributed by atoms with Crippen LogP contribution in [0.4, 0.5) is 0 Å². The Morgan fingerprint density at radius 3 is 2.50 bits per heavy atom. The first-order valence-electron chi connectivity index (χ1n) is 6.45. The topological polar surface area (TPSA) is 69.7 Å². The SMILES string of the molecule is CC[C@]1(C)COC(=O)[C@H]1OS(=O)(=O)c1ccc(C)cc1. The van der Waals surface area contributed by atoms with Crippen molar-refractivity contribution < 1.29 is 22.1 Å². The smallest absolute Gasteiger partial charge is 0.337 e. The number of aryl methyl sites for hydroxylation is 1. The van der Waals surface area contributed by atoms with E-state index in [1.54, 1.807) is 19.1 Å². The highest BCUT2D eigenvalue weighted by Gasteiger charge is 2.49. The monoisotopic (exact) mass is 298 g/mol. The second kappa shape index (κ2) is 5.18. The highest BCUT2D eigenvalue weighted by molar-refractivity contribution is 7.86. The van der Waals surface area contributed by atoms with Gasteiger partial charge in [0.05, 0.1) is 11.5 Å². The summed E-state index contributed by atoms with van der Waals surface area (Å²) in [6.45, 7) is 5.69. The average Bonchev–Trinajstić information content (AvgIpc) is 2.68. The van der Waals surface area contributed by atoms with Crippen LogP contribution in [-0.2, 0) is 23.8 Å². The summed E-state index contributed by atoms with van der Waals surface area (Å²) >= 11 is 0. The zero-order valence-electron chi connectivity index (χ0n) is 11.8. The molecule has 1 fully saturated rings. The number of carbonyl (C=O) groups excluding carboxylic acids is 1. The van der Waals surface area contributed by atoms with Crippen LogP contribution in [0.25, 0.3) is 0 Å². The molecule has 0 aliphatic carbocycles. The lowest BCUT2D eigenvalue weighted by Crippen LogP contribution is -2.36. The Kier molecular flexibility index (Phi) is 3.88. The van der Waals surface area contributed by atoms with Crippen LogP contribution in [0.1, 0.15) is 25.8 Å². The molecule has 5 nitrogen and oxygen atoms in total. The van der Waals surface area contributed by atoms with Gasteiger partial charge in [-0.1, -0.05) is 31.5 Å². The third kappa shape index (κ3) is 2.71. The first-order chi connectivity index (χ1) is 9.28. The summed E-state index contributed by atoms with van der Waals surface area (Å²) in [4.78, 5) is 11.7. The van der Waals surface area contributed by atoms with Crippen molar-refractivity contribution in [2.24, 2.45) is 5.41 Å². The van der Waals surface area contributed by atoms with Gasteiger partial charge in [0.25, 0.3) is 10.1 Å². The lowest BCUT2D eigenvalue weighted by atomic mass is 9.84. The van der Waals surface area contributed by atoms with Crippen molar-refractivity contribution >= 4 is 16.1 Å². The maximum absolute atomic E-state index is 12.2. The molecule has 0 spiro atoms. The average molecular weight is 298 g/mol. The zero-order chi connectivity index (χ0) is 15.0. The molecule has 1 saturated heterocycles. The van der Waals surface area contributed by atoms with E-state index in [4.69, 9.17) is 8.92 Å². The van der Waals surface area contributed by atoms with E-state index in [9.17, 15) is 13.2 Å². The summed E-state index contributed by atoms with van der Waals surface area (Å²) in [5.41, 5.74) is 0.331. The minimum Gasteiger partial charge on any atom is -0.463 e. The van der Waals surface area contributed by atoms with Crippen molar-refractivity contribution in [2.75, 3.05) is 6.61 Å². The van der Waals surface area contributed by atoms with Gasteiger partial charge in [-0.3, -0.25) is 4.18 Å². The molecule has 0 unspecified atom stereocenters. The molecule has 1 heterocycles. The van der Waals surface area contributed by atoms with Crippen LogP contribution in [0, 0.1) is 12.3 Å². The lowest BCUT2D eigenvalue weighted by molar-refractivity contribution is -0.143. The number of cyclic esters (lactones) is 1. The van der Waals surface area contributed by atoms with Gasteiger partial charge in [0, 0.05) is 5.41 Å². The Balaban J connectivity index is 2.28. The van der Waals surface area contributed by atoms with Gasteiger partial charge >= 0.3 is 5.97 Å². The number of esters is 1. The van der Waals surface area contributed by atoms with Crippen LogP contribution in [0.2, 0.25) is 0 Å². The highest BCUT2D eigenvalue weighted by Crippen LogP contribution is 2.36. The van der Waals surface area contributed by atoms with E-state index in [1.807, 2.05) is 13.8 Å². The van der Waals surface area contributed by atoms with Gasteiger partial charge in [-0.2, -0.15) is 8.42 Å². The van der Waals surface area contributed by atoms with Crippen molar-refractivity contribution in [3.63, 3.8) is 0 Å². The van der Waals surface area contributed by atoms with E-state index in [0.29, 0.717) is 6.42 Å². The fraction of sp³-hybridized carbons (Fsp3) is 0.500. The summed E-state index contributed by atoms with van der Waals surface area (Å²) in [6, 6.07) is 6.30. The van der Waals surface area contributed by atoms with Gasteiger partial charge < -0.3 is 4.74 Å². The molecule has 110 valence electrons. The van der Waals surface area contributed by atoms with Crippen molar-refractivity contribution in [1.29, 1.82) is 0 Å². The van der Waals surface area contributed by atoms with Crippen molar-refractivity contribution in [1.82, 2.24) is 0 Å². The van der Waals surface area contributed by atoms with E-state index in [1.165, 1.54) is 12.1 Å². The fourth-order valence-corrected chi connectivity index (χ4v) is 3.15. The number of ether oxygens (including phenoxy) is 1. The fourth-order valence-electron chi connectivity index (χ4n) is 2.00. The molecule has 1 aliphatic rings. The Bertz CT molecular complexity index is 605. The predicted molar refractivity (Wildman–Crippen MR) is 72.6 cm³/mol. The van der Waals surface area contributed by atoms with E-state index in [2.05, 4.69) is 0 Å². The Morgan fingerprint density at radius 1 is 1.35 bits per heavy atom. The van der Waals surface area contributed by atoms with Gasteiger partial charge in [-0.25, -0.2) is 4.79 Å². The molecule has 0 bridgehead atoms. The first kappa shape index (κ1) is 15.0. The lowest BCUT2D eigenvalue weighted by Gasteiger charge is -2.24. The first-order valence-corrected chi connectivity index (χ1v) is 7.86. The molecule has 0 radical (unpaired) electrons. The maximum Gasteiger partial charge on any atom is 0.337 e. The van der Waals surface area contributed by atoms with E-state index < -0.39 is 27.6 Å². The molecule has 0 amide bonds. The van der Waals surface area contributed by atoms with Crippen LogP contribution in [0.5, 0.6) is 0 Å². The number of hydrogen-bond donors (Lipinski definition) is 0. The summed E-state index contributed by atoms with van der Waals surface area (Å²) in [5.74, 6) is -0.620. The zero-order valence-corrected chi connectivity index (χ0v) is 12.6. The van der Waals surface area contributed by atoms with Crippen LogP contribution in [0.15, 0.2) is 29.2 Å². The summed E-state index contributed by atoms with van der Waals surface area (Å²) in [7, 11) is -3.98. The van der Waals surface area contributed by atoms with Gasteiger partial charge in [0.1, 0.15) is 0 Å². The third-order valence-corrected chi connectivity index (χ3v) is 5.03. The molecule has 0 N–H and O–H groups in total. The molecule has 1 aromatic rings. The molecular weight excluding hydrogens is 280 g/mol. The third-order valence-electron chi connectivity index (χ3n) is 3.73. The van der Waals surface area contributed by atoms with Gasteiger partial charge in [0.2, 0.25) is 0 Å². The van der Waals surface area contributed by atoms with E-state index in [0.717, 1.165) is 5.56 Å². The Hall–Kier alpha value is -1.40. The normalized spacial score (nSPS) is 26.6. The molecule has 0 saturated carbocycles. The largest absolute Gasteiger partial charge is 0.463 e. The molecule has 6 heteroatoms. The summed E-state index contributed by atoms with van der Waals surface area (Å²) in [5, 5.41) is 0. The maximum atomic E-state index is 12.2. The molecule has 1 aliphatic heterocycles. The second-order valence-electron chi connectivity index (χ2n) is 5.36. The molecule has 2 rings (SSSR count). The van der Waals surface area contributed by atoms with Crippen molar-refractivity contribution in [3.05, 3.63) is 29.8 Å². The van der Waals surface area contributed by atoms with E-state index in [-0.39, 0.29) is 11.5 Å².